The average molecular weight is 308 g/mol. The van der Waals surface area contributed by atoms with Crippen molar-refractivity contribution in [3.05, 3.63) is 29.2 Å². The van der Waals surface area contributed by atoms with Crippen LogP contribution < -0.4 is 10.6 Å². The molecule has 112 valence electrons. The summed E-state index contributed by atoms with van der Waals surface area (Å²) in [4.78, 5) is 23.3. The molecule has 2 rings (SSSR count). The summed E-state index contributed by atoms with van der Waals surface area (Å²) >= 11 is 1.35. The Labute approximate surface area is 125 Å². The topological polar surface area (TPSA) is 97.1 Å². The van der Waals surface area contributed by atoms with Crippen molar-refractivity contribution in [2.45, 2.75) is 26.2 Å². The number of anilines is 1. The van der Waals surface area contributed by atoms with Crippen LogP contribution in [0, 0.1) is 0 Å². The molecule has 2 N–H and O–H groups in total. The van der Waals surface area contributed by atoms with E-state index in [0.717, 1.165) is 24.3 Å². The molecule has 21 heavy (non-hydrogen) atoms. The van der Waals surface area contributed by atoms with E-state index in [2.05, 4.69) is 27.8 Å². The summed E-state index contributed by atoms with van der Waals surface area (Å²) in [5, 5.41) is 14.3. The van der Waals surface area contributed by atoms with Gasteiger partial charge in [-0.25, -0.2) is 0 Å². The molecule has 2 aromatic heterocycles. The molecule has 2 heterocycles. The molecular formula is C13H16N4O3S. The molecule has 0 radical (unpaired) electrons. The lowest BCUT2D eigenvalue weighted by Crippen LogP contribution is -2.32. The van der Waals surface area contributed by atoms with Gasteiger partial charge in [0.2, 0.25) is 11.0 Å². The molecule has 0 aliphatic rings. The fourth-order valence-corrected chi connectivity index (χ4v) is 2.35. The average Bonchev–Trinajstić information content (AvgIpc) is 3.14. The maximum atomic E-state index is 11.7. The quantitative estimate of drug-likeness (QED) is 0.813. The summed E-state index contributed by atoms with van der Waals surface area (Å²) in [7, 11) is 0. The van der Waals surface area contributed by atoms with E-state index in [4.69, 9.17) is 4.42 Å². The molecule has 0 atom stereocenters. The number of furan rings is 1. The van der Waals surface area contributed by atoms with Gasteiger partial charge >= 0.3 is 0 Å². The van der Waals surface area contributed by atoms with Crippen molar-refractivity contribution in [3.63, 3.8) is 0 Å². The number of hydrogen-bond acceptors (Lipinski definition) is 6. The van der Waals surface area contributed by atoms with Crippen molar-refractivity contribution >= 4 is 28.3 Å². The molecule has 0 unspecified atom stereocenters. The van der Waals surface area contributed by atoms with E-state index in [1.807, 2.05) is 0 Å². The van der Waals surface area contributed by atoms with Gasteiger partial charge in [0, 0.05) is 6.42 Å². The van der Waals surface area contributed by atoms with E-state index in [-0.39, 0.29) is 18.2 Å². The second-order valence-electron chi connectivity index (χ2n) is 4.31. The zero-order valence-corrected chi connectivity index (χ0v) is 12.4. The van der Waals surface area contributed by atoms with Gasteiger partial charge in [-0.15, -0.1) is 10.2 Å². The standard InChI is InChI=1S/C13H16N4O3S/c1-2-3-6-11-16-17-13(21-11)15-10(18)8-14-12(19)9-5-4-7-20-9/h4-5,7H,2-3,6,8H2,1H3,(H,14,19)(H,15,17,18). The van der Waals surface area contributed by atoms with Crippen molar-refractivity contribution in [2.24, 2.45) is 0 Å². The lowest BCUT2D eigenvalue weighted by atomic mass is 10.3. The molecule has 0 aromatic carbocycles. The van der Waals surface area contributed by atoms with Crippen LogP contribution in [0.3, 0.4) is 0 Å². The molecule has 0 fully saturated rings. The molecule has 0 saturated carbocycles. The van der Waals surface area contributed by atoms with Crippen molar-refractivity contribution in [1.29, 1.82) is 0 Å². The largest absolute Gasteiger partial charge is 0.459 e. The van der Waals surface area contributed by atoms with Crippen LogP contribution in [-0.4, -0.2) is 28.6 Å². The van der Waals surface area contributed by atoms with Crippen LogP contribution in [0.2, 0.25) is 0 Å². The Morgan fingerprint density at radius 2 is 2.24 bits per heavy atom. The van der Waals surface area contributed by atoms with Gasteiger partial charge in [-0.2, -0.15) is 0 Å². The fraction of sp³-hybridized carbons (Fsp3) is 0.385. The van der Waals surface area contributed by atoms with E-state index >= 15 is 0 Å². The molecule has 0 aliphatic heterocycles. The number of aryl methyl sites for hydroxylation is 1. The Bertz CT molecular complexity index is 594. The Balaban J connectivity index is 1.76. The van der Waals surface area contributed by atoms with Crippen LogP contribution in [0.1, 0.15) is 35.3 Å². The normalized spacial score (nSPS) is 10.3. The van der Waals surface area contributed by atoms with Gasteiger partial charge in [0.1, 0.15) is 5.01 Å². The van der Waals surface area contributed by atoms with Crippen molar-refractivity contribution in [3.8, 4) is 0 Å². The highest BCUT2D eigenvalue weighted by Crippen LogP contribution is 2.16. The van der Waals surface area contributed by atoms with E-state index in [0.29, 0.717) is 5.13 Å². The number of carbonyl (C=O) groups excluding carboxylic acids is 2. The van der Waals surface area contributed by atoms with Crippen LogP contribution in [0.5, 0.6) is 0 Å². The first kappa shape index (κ1) is 15.2. The first-order valence-corrected chi connectivity index (χ1v) is 7.44. The highest BCUT2D eigenvalue weighted by molar-refractivity contribution is 7.15. The first-order valence-electron chi connectivity index (χ1n) is 6.63. The highest BCUT2D eigenvalue weighted by atomic mass is 32.1. The second-order valence-corrected chi connectivity index (χ2v) is 5.37. The van der Waals surface area contributed by atoms with Crippen LogP contribution in [0.25, 0.3) is 0 Å². The Hall–Kier alpha value is -2.22. The number of unbranched alkanes of at least 4 members (excludes halogenated alkanes) is 1. The van der Waals surface area contributed by atoms with Gasteiger partial charge in [-0.3, -0.25) is 14.9 Å². The van der Waals surface area contributed by atoms with E-state index in [9.17, 15) is 9.59 Å². The minimum absolute atomic E-state index is 0.149. The van der Waals surface area contributed by atoms with Crippen LogP contribution >= 0.6 is 11.3 Å². The van der Waals surface area contributed by atoms with E-state index in [1.54, 1.807) is 6.07 Å². The van der Waals surface area contributed by atoms with Gasteiger partial charge in [0.15, 0.2) is 5.76 Å². The third kappa shape index (κ3) is 4.67. The molecule has 0 spiro atoms. The third-order valence-electron chi connectivity index (χ3n) is 2.61. The smallest absolute Gasteiger partial charge is 0.287 e. The molecule has 2 aromatic rings. The number of amides is 2. The highest BCUT2D eigenvalue weighted by Gasteiger charge is 2.12. The van der Waals surface area contributed by atoms with Gasteiger partial charge < -0.3 is 9.73 Å². The lowest BCUT2D eigenvalue weighted by Gasteiger charge is -2.02. The Morgan fingerprint density at radius 3 is 2.95 bits per heavy atom. The van der Waals surface area contributed by atoms with Crippen LogP contribution in [0.15, 0.2) is 22.8 Å². The Morgan fingerprint density at radius 1 is 1.38 bits per heavy atom. The number of aromatic nitrogens is 2. The number of nitrogens with one attached hydrogen (secondary N) is 2. The zero-order chi connectivity index (χ0) is 15.1. The van der Waals surface area contributed by atoms with E-state index < -0.39 is 5.91 Å². The number of nitrogens with zero attached hydrogens (tertiary/aromatic N) is 2. The summed E-state index contributed by atoms with van der Waals surface area (Å²) in [6.07, 6.45) is 4.38. The first-order chi connectivity index (χ1) is 10.2. The molecule has 7 nitrogen and oxygen atoms in total. The van der Waals surface area contributed by atoms with Crippen LogP contribution in [-0.2, 0) is 11.2 Å². The van der Waals surface area contributed by atoms with Crippen LogP contribution in [0.4, 0.5) is 5.13 Å². The van der Waals surface area contributed by atoms with Gasteiger partial charge in [0.25, 0.3) is 5.91 Å². The van der Waals surface area contributed by atoms with Gasteiger partial charge in [-0.1, -0.05) is 24.7 Å². The number of hydrogen-bond donors (Lipinski definition) is 2. The molecule has 8 heteroatoms. The molecule has 0 bridgehead atoms. The Kier molecular flexibility index (Phi) is 5.44. The number of rotatable bonds is 7. The maximum absolute atomic E-state index is 11.7. The molecule has 0 saturated heterocycles. The monoisotopic (exact) mass is 308 g/mol. The van der Waals surface area contributed by atoms with Crippen molar-refractivity contribution < 1.29 is 14.0 Å². The second kappa shape index (κ2) is 7.53. The fourth-order valence-electron chi connectivity index (χ4n) is 1.55. The molecular weight excluding hydrogens is 292 g/mol. The van der Waals surface area contributed by atoms with Gasteiger partial charge in [0.05, 0.1) is 12.8 Å². The predicted octanol–water partition coefficient (Wildman–Crippen LogP) is 1.84. The van der Waals surface area contributed by atoms with Crippen molar-refractivity contribution in [1.82, 2.24) is 15.5 Å². The summed E-state index contributed by atoms with van der Waals surface area (Å²) in [6, 6.07) is 3.13. The lowest BCUT2D eigenvalue weighted by molar-refractivity contribution is -0.115. The summed E-state index contributed by atoms with van der Waals surface area (Å²) < 4.78 is 4.92. The zero-order valence-electron chi connectivity index (χ0n) is 11.6. The minimum Gasteiger partial charge on any atom is -0.459 e. The summed E-state index contributed by atoms with van der Waals surface area (Å²) in [5.41, 5.74) is 0. The van der Waals surface area contributed by atoms with Gasteiger partial charge in [-0.05, 0) is 18.6 Å². The minimum atomic E-state index is -0.434. The predicted molar refractivity (Wildman–Crippen MR) is 78.2 cm³/mol. The summed E-state index contributed by atoms with van der Waals surface area (Å²) in [5.74, 6) is -0.621. The third-order valence-corrected chi connectivity index (χ3v) is 3.51. The molecule has 0 aliphatic carbocycles. The maximum Gasteiger partial charge on any atom is 0.287 e. The molecule has 2 amide bonds. The SMILES string of the molecule is CCCCc1nnc(NC(=O)CNC(=O)c2ccco2)s1. The number of carbonyl (C=O) groups is 2. The van der Waals surface area contributed by atoms with E-state index in [1.165, 1.54) is 23.7 Å². The summed E-state index contributed by atoms with van der Waals surface area (Å²) in [6.45, 7) is 1.95. The van der Waals surface area contributed by atoms with Crippen molar-refractivity contribution in [2.75, 3.05) is 11.9 Å².